The predicted octanol–water partition coefficient (Wildman–Crippen LogP) is -0.329. The van der Waals surface area contributed by atoms with Crippen molar-refractivity contribution in [2.24, 2.45) is 0 Å². The summed E-state index contributed by atoms with van der Waals surface area (Å²) in [4.78, 5) is 0. The summed E-state index contributed by atoms with van der Waals surface area (Å²) in [5.74, 6) is 0. The molecular formula is CF3InO3S. The number of alkyl halides is 3. The van der Waals surface area contributed by atoms with Crippen molar-refractivity contribution in [1.82, 2.24) is 0 Å². The van der Waals surface area contributed by atoms with Gasteiger partial charge >= 0.3 is 31.4 Å². The third-order valence-electron chi connectivity index (χ3n) is 0.283. The van der Waals surface area contributed by atoms with E-state index in [1.807, 2.05) is 0 Å². The van der Waals surface area contributed by atoms with E-state index in [9.17, 15) is 13.2 Å². The molecule has 0 aromatic carbocycles. The van der Waals surface area contributed by atoms with E-state index in [4.69, 9.17) is 13.0 Å². The zero-order valence-corrected chi connectivity index (χ0v) is 7.96. The van der Waals surface area contributed by atoms with E-state index in [0.29, 0.717) is 0 Å². The molecule has 0 spiro atoms. The fourth-order valence-electron chi connectivity index (χ4n) is 0. The van der Waals surface area contributed by atoms with Crippen LogP contribution in [0.15, 0.2) is 0 Å². The first-order valence-electron chi connectivity index (χ1n) is 1.27. The monoisotopic (exact) mass is 264 g/mol. The molecule has 0 aromatic heterocycles. The van der Waals surface area contributed by atoms with E-state index in [1.54, 1.807) is 0 Å². The Morgan fingerprint density at radius 3 is 1.33 bits per heavy atom. The Labute approximate surface area is 67.8 Å². The fourth-order valence-corrected chi connectivity index (χ4v) is 0. The van der Waals surface area contributed by atoms with E-state index in [1.165, 1.54) is 0 Å². The minimum absolute atomic E-state index is 0. The summed E-state index contributed by atoms with van der Waals surface area (Å²) in [5, 5.41) is 0. The van der Waals surface area contributed by atoms with Crippen LogP contribution in [0.3, 0.4) is 0 Å². The van der Waals surface area contributed by atoms with Gasteiger partial charge in [-0.05, 0) is 0 Å². The standard InChI is InChI=1S/CHF3O3S.In/c2-1(3,4)8(5,6)7;/h(H,5,6,7);/q;+1/p-1. The van der Waals surface area contributed by atoms with Crippen molar-refractivity contribution in [3.05, 3.63) is 0 Å². The van der Waals surface area contributed by atoms with Crippen LogP contribution >= 0.6 is 0 Å². The van der Waals surface area contributed by atoms with Crippen LogP contribution in [0.25, 0.3) is 0 Å². The van der Waals surface area contributed by atoms with Gasteiger partial charge in [-0.25, -0.2) is 8.42 Å². The molecule has 0 rings (SSSR count). The normalized spacial score (nSPS) is 12.4. The molecule has 0 N–H and O–H groups in total. The molecule has 0 atom stereocenters. The Kier molecular flexibility index (Phi) is 4.24. The molecule has 0 saturated heterocycles. The summed E-state index contributed by atoms with van der Waals surface area (Å²) in [7, 11) is -6.09. The summed E-state index contributed by atoms with van der Waals surface area (Å²) >= 11 is 0. The molecule has 52 valence electrons. The van der Waals surface area contributed by atoms with Crippen molar-refractivity contribution in [3.8, 4) is 0 Å². The Morgan fingerprint density at radius 2 is 1.33 bits per heavy atom. The second kappa shape index (κ2) is 3.11. The molecular weight excluding hydrogens is 264 g/mol. The van der Waals surface area contributed by atoms with Crippen LogP contribution in [-0.4, -0.2) is 44.3 Å². The van der Waals surface area contributed by atoms with E-state index >= 15 is 0 Å². The van der Waals surface area contributed by atoms with Gasteiger partial charge in [0, 0.05) is 0 Å². The first-order chi connectivity index (χ1) is 3.25. The van der Waals surface area contributed by atoms with E-state index in [2.05, 4.69) is 0 Å². The molecule has 0 aromatic rings. The summed E-state index contributed by atoms with van der Waals surface area (Å²) in [6.45, 7) is 0. The molecule has 0 unspecified atom stereocenters. The van der Waals surface area contributed by atoms with Crippen LogP contribution in [0.4, 0.5) is 13.2 Å². The number of hydrogen-bond acceptors (Lipinski definition) is 3. The van der Waals surface area contributed by atoms with Crippen molar-refractivity contribution in [1.29, 1.82) is 0 Å². The van der Waals surface area contributed by atoms with Gasteiger partial charge < -0.3 is 4.55 Å². The van der Waals surface area contributed by atoms with Crippen LogP contribution in [0.1, 0.15) is 0 Å². The maximum atomic E-state index is 10.7. The van der Waals surface area contributed by atoms with Gasteiger partial charge in [0.1, 0.15) is 0 Å². The van der Waals surface area contributed by atoms with Gasteiger partial charge in [-0.15, -0.1) is 0 Å². The van der Waals surface area contributed by atoms with Gasteiger partial charge in [0.25, 0.3) is 0 Å². The average molecular weight is 264 g/mol. The minimum Gasteiger partial charge on any atom is -0.741 e. The quantitative estimate of drug-likeness (QED) is 0.444. The van der Waals surface area contributed by atoms with Crippen LogP contribution in [0, 0.1) is 0 Å². The van der Waals surface area contributed by atoms with Gasteiger partial charge in [0.15, 0.2) is 10.1 Å². The molecule has 0 saturated carbocycles. The van der Waals surface area contributed by atoms with Crippen LogP contribution in [-0.2, 0) is 10.1 Å². The molecule has 0 bridgehead atoms. The van der Waals surface area contributed by atoms with E-state index in [0.717, 1.165) is 0 Å². The first kappa shape index (κ1) is 12.3. The average Bonchev–Trinajstić information content (AvgIpc) is 1.25. The molecule has 0 aliphatic carbocycles. The fraction of sp³-hybridized carbons (Fsp3) is 1.00. The zero-order chi connectivity index (χ0) is 7.00. The molecule has 0 amide bonds. The Bertz CT molecular complexity index is 168. The summed E-state index contributed by atoms with van der Waals surface area (Å²) in [5.41, 5.74) is -5.65. The van der Waals surface area contributed by atoms with Crippen LogP contribution < -0.4 is 0 Å². The van der Waals surface area contributed by atoms with Gasteiger partial charge in [-0.2, -0.15) is 13.2 Å². The van der Waals surface area contributed by atoms with Gasteiger partial charge in [0.2, 0.25) is 0 Å². The van der Waals surface area contributed by atoms with E-state index < -0.39 is 15.6 Å². The van der Waals surface area contributed by atoms with Crippen LogP contribution in [0.2, 0.25) is 0 Å². The molecule has 9 heavy (non-hydrogen) atoms. The van der Waals surface area contributed by atoms with E-state index in [-0.39, 0.29) is 25.8 Å². The third kappa shape index (κ3) is 4.04. The van der Waals surface area contributed by atoms with Crippen molar-refractivity contribution < 1.29 is 26.1 Å². The van der Waals surface area contributed by atoms with Gasteiger partial charge in [0.05, 0.1) is 0 Å². The number of halogens is 3. The predicted molar refractivity (Wildman–Crippen MR) is 21.5 cm³/mol. The first-order valence-corrected chi connectivity index (χ1v) is 2.68. The second-order valence-corrected chi connectivity index (χ2v) is 2.27. The zero-order valence-electron chi connectivity index (χ0n) is 3.84. The Hall–Kier alpha value is 0.570. The topological polar surface area (TPSA) is 57.2 Å². The summed E-state index contributed by atoms with van der Waals surface area (Å²) in [6, 6.07) is 0. The molecule has 0 aliphatic heterocycles. The molecule has 0 aliphatic rings. The maximum absolute atomic E-state index is 10.7. The Balaban J connectivity index is 0. The molecule has 3 nitrogen and oxygen atoms in total. The summed E-state index contributed by atoms with van der Waals surface area (Å²) < 4.78 is 58.9. The largest absolute Gasteiger partial charge is 1.00 e. The van der Waals surface area contributed by atoms with Crippen molar-refractivity contribution in [3.63, 3.8) is 0 Å². The SMILES string of the molecule is O=S(=O)([O-])C(F)(F)F.[In+]. The third-order valence-corrected chi connectivity index (χ3v) is 0.850. The second-order valence-electron chi connectivity index (χ2n) is 0.900. The van der Waals surface area contributed by atoms with Gasteiger partial charge in [-0.1, -0.05) is 0 Å². The molecule has 0 fully saturated rings. The molecule has 8 heteroatoms. The van der Waals surface area contributed by atoms with Crippen molar-refractivity contribution in [2.75, 3.05) is 0 Å². The van der Waals surface area contributed by atoms with Gasteiger partial charge in [-0.3, -0.25) is 0 Å². The minimum atomic E-state index is -6.09. The smallest absolute Gasteiger partial charge is 0.741 e. The maximum Gasteiger partial charge on any atom is 1.00 e. The number of hydrogen-bond donors (Lipinski definition) is 0. The summed E-state index contributed by atoms with van der Waals surface area (Å²) in [6.07, 6.45) is 0. The van der Waals surface area contributed by atoms with Crippen molar-refractivity contribution in [2.45, 2.75) is 5.51 Å². The molecule has 2 radical (unpaired) electrons. The number of rotatable bonds is 0. The van der Waals surface area contributed by atoms with Crippen molar-refractivity contribution >= 4 is 36.0 Å². The Morgan fingerprint density at radius 1 is 1.22 bits per heavy atom. The molecule has 0 heterocycles. The van der Waals surface area contributed by atoms with Crippen LogP contribution in [0.5, 0.6) is 0 Å².